The number of rotatable bonds is 5. The molecule has 0 spiro atoms. The monoisotopic (exact) mass is 533 g/mol. The van der Waals surface area contributed by atoms with Gasteiger partial charge in [-0.2, -0.15) is 13.2 Å². The second-order valence-corrected chi connectivity index (χ2v) is 8.32. The molecule has 0 saturated carbocycles. The van der Waals surface area contributed by atoms with Crippen molar-refractivity contribution in [3.8, 4) is 0 Å². The molecule has 2 aromatic rings. The van der Waals surface area contributed by atoms with Crippen LogP contribution in [0.1, 0.15) is 36.5 Å². The lowest BCUT2D eigenvalue weighted by atomic mass is 9.80. The summed E-state index contributed by atoms with van der Waals surface area (Å²) < 4.78 is 50.6. The van der Waals surface area contributed by atoms with E-state index in [0.29, 0.717) is 0 Å². The number of allylic oxidation sites excluding steroid dienone is 2. The van der Waals surface area contributed by atoms with Gasteiger partial charge in [-0.05, 0) is 30.5 Å². The molecule has 0 aliphatic carbocycles. The lowest BCUT2D eigenvalue weighted by molar-refractivity contribution is -0.384. The third-order valence-electron chi connectivity index (χ3n) is 5.91. The summed E-state index contributed by atoms with van der Waals surface area (Å²) in [5.41, 5.74) is -0.346. The number of dihydropyridines is 1. The first kappa shape index (κ1) is 28.4. The molecule has 0 amide bonds. The molecule has 0 radical (unpaired) electrons. The molecular formula is C26H26F3N3O6. The smallest absolute Gasteiger partial charge is 0.431 e. The van der Waals surface area contributed by atoms with Gasteiger partial charge in [0.25, 0.3) is 5.69 Å². The first-order valence-electron chi connectivity index (χ1n) is 11.6. The van der Waals surface area contributed by atoms with E-state index in [1.807, 2.05) is 5.32 Å². The van der Waals surface area contributed by atoms with Crippen molar-refractivity contribution in [3.05, 3.63) is 97.9 Å². The summed E-state index contributed by atoms with van der Waals surface area (Å²) in [7, 11) is 1.03. The zero-order valence-electron chi connectivity index (χ0n) is 20.8. The predicted octanol–water partition coefficient (Wildman–Crippen LogP) is 4.40. The molecule has 1 atom stereocenters. The van der Waals surface area contributed by atoms with E-state index in [-0.39, 0.29) is 23.4 Å². The molecule has 202 valence electrons. The number of nitrogens with one attached hydrogen (secondary N) is 2. The number of halogens is 3. The zero-order chi connectivity index (χ0) is 28.0. The summed E-state index contributed by atoms with van der Waals surface area (Å²) in [6, 6.07) is 13.2. The quantitative estimate of drug-likeness (QED) is 0.330. The average molecular weight is 534 g/mol. The van der Waals surface area contributed by atoms with Crippen LogP contribution in [0.25, 0.3) is 0 Å². The zero-order valence-corrected chi connectivity index (χ0v) is 20.8. The number of esters is 2. The van der Waals surface area contributed by atoms with Gasteiger partial charge in [0.05, 0.1) is 35.7 Å². The molecule has 2 heterocycles. The van der Waals surface area contributed by atoms with Crippen LogP contribution in [0.3, 0.4) is 0 Å². The molecule has 9 nitrogen and oxygen atoms in total. The minimum Gasteiger partial charge on any atom is -0.466 e. The summed E-state index contributed by atoms with van der Waals surface area (Å²) in [5, 5.41) is 16.5. The maximum absolute atomic E-state index is 13.7. The number of fused-ring (bicyclic) bond motifs is 1. The molecular weight excluding hydrogens is 507 g/mol. The number of hydrogen-bond acceptors (Lipinski definition) is 8. The topological polar surface area (TPSA) is 120 Å². The van der Waals surface area contributed by atoms with E-state index in [4.69, 9.17) is 4.74 Å². The lowest BCUT2D eigenvalue weighted by Crippen LogP contribution is -2.38. The van der Waals surface area contributed by atoms with Crippen molar-refractivity contribution in [2.75, 3.05) is 13.7 Å². The highest BCUT2D eigenvalue weighted by Crippen LogP contribution is 2.43. The highest BCUT2D eigenvalue weighted by atomic mass is 19.4. The minimum atomic E-state index is -4.98. The van der Waals surface area contributed by atoms with Crippen molar-refractivity contribution in [2.45, 2.75) is 39.0 Å². The van der Waals surface area contributed by atoms with Gasteiger partial charge in [0, 0.05) is 30.9 Å². The fraction of sp³-hybridized carbons (Fsp3) is 0.308. The van der Waals surface area contributed by atoms with Crippen LogP contribution >= 0.6 is 0 Å². The number of benzene rings is 2. The maximum Gasteiger partial charge on any atom is 0.431 e. The van der Waals surface area contributed by atoms with Gasteiger partial charge < -0.3 is 20.1 Å². The largest absolute Gasteiger partial charge is 0.466 e. The maximum atomic E-state index is 13.7. The van der Waals surface area contributed by atoms with Crippen LogP contribution in [0.4, 0.5) is 18.9 Å². The van der Waals surface area contributed by atoms with Gasteiger partial charge in [0.2, 0.25) is 0 Å². The van der Waals surface area contributed by atoms with E-state index >= 15 is 0 Å². The third-order valence-corrected chi connectivity index (χ3v) is 5.91. The van der Waals surface area contributed by atoms with E-state index in [1.165, 1.54) is 37.1 Å². The molecule has 0 saturated heterocycles. The van der Waals surface area contributed by atoms with Gasteiger partial charge in [-0.1, -0.05) is 36.4 Å². The number of nitro benzene ring substituents is 1. The Morgan fingerprint density at radius 1 is 1.05 bits per heavy atom. The summed E-state index contributed by atoms with van der Waals surface area (Å²) >= 11 is 0. The standard InChI is InChI=1S/C18H17F3N2O6.C8H9N/c1-4-29-17(25)14-13(10-6-5-7-11(8-10)23(26)27)12(16(24)28-3)9(2)22-15(14)18(19,20)21;1-2-4-8-6-9-5-7(8)3-1/h5-8,13,22H,4H2,1-3H3;1-4,9H,5-6H2. The molecule has 2 aromatic carbocycles. The van der Waals surface area contributed by atoms with Crippen molar-refractivity contribution in [1.82, 2.24) is 10.6 Å². The van der Waals surface area contributed by atoms with E-state index in [0.717, 1.165) is 32.3 Å². The van der Waals surface area contributed by atoms with Gasteiger partial charge >= 0.3 is 18.1 Å². The molecule has 0 aromatic heterocycles. The SMILES string of the molecule is CCOC(=O)C1=C(C(F)(F)F)NC(C)=C(C(=O)OC)C1c1cccc([N+](=O)[O-])c1.c1ccc2c(c1)CNC2. The number of nitro groups is 1. The van der Waals surface area contributed by atoms with Crippen molar-refractivity contribution < 1.29 is 37.2 Å². The van der Waals surface area contributed by atoms with E-state index in [2.05, 4.69) is 34.3 Å². The molecule has 2 aliphatic rings. The normalized spacial score (nSPS) is 16.6. The van der Waals surface area contributed by atoms with Crippen molar-refractivity contribution >= 4 is 17.6 Å². The molecule has 0 bridgehead atoms. The van der Waals surface area contributed by atoms with Crippen molar-refractivity contribution in [3.63, 3.8) is 0 Å². The predicted molar refractivity (Wildman–Crippen MR) is 130 cm³/mol. The summed E-state index contributed by atoms with van der Waals surface area (Å²) in [6.45, 7) is 4.51. The average Bonchev–Trinajstić information content (AvgIpc) is 3.36. The van der Waals surface area contributed by atoms with E-state index in [1.54, 1.807) is 0 Å². The number of hydrogen-bond donors (Lipinski definition) is 2. The molecule has 12 heteroatoms. The summed E-state index contributed by atoms with van der Waals surface area (Å²) in [4.78, 5) is 35.2. The van der Waals surface area contributed by atoms with Gasteiger partial charge in [0.1, 0.15) is 5.70 Å². The van der Waals surface area contributed by atoms with Crippen LogP contribution in [0, 0.1) is 10.1 Å². The Morgan fingerprint density at radius 3 is 2.21 bits per heavy atom. The fourth-order valence-corrected chi connectivity index (χ4v) is 4.25. The van der Waals surface area contributed by atoms with Gasteiger partial charge in [-0.3, -0.25) is 10.1 Å². The summed E-state index contributed by atoms with van der Waals surface area (Å²) in [5.74, 6) is -3.88. The van der Waals surface area contributed by atoms with E-state index < -0.39 is 45.9 Å². The Hall–Kier alpha value is -4.19. The second kappa shape index (κ2) is 11.9. The molecule has 1 unspecified atom stereocenters. The summed E-state index contributed by atoms with van der Waals surface area (Å²) in [6.07, 6.45) is -4.98. The second-order valence-electron chi connectivity index (χ2n) is 8.32. The first-order chi connectivity index (χ1) is 18.0. The highest BCUT2D eigenvalue weighted by molar-refractivity contribution is 6.00. The Kier molecular flexibility index (Phi) is 8.89. The van der Waals surface area contributed by atoms with Gasteiger partial charge in [-0.25, -0.2) is 9.59 Å². The van der Waals surface area contributed by atoms with Gasteiger partial charge in [-0.15, -0.1) is 0 Å². The molecule has 0 fully saturated rings. The van der Waals surface area contributed by atoms with E-state index in [9.17, 15) is 32.9 Å². The lowest BCUT2D eigenvalue weighted by Gasteiger charge is -2.31. The van der Waals surface area contributed by atoms with Crippen LogP contribution in [-0.4, -0.2) is 36.8 Å². The third kappa shape index (κ3) is 6.20. The van der Waals surface area contributed by atoms with Gasteiger partial charge in [0.15, 0.2) is 0 Å². The minimum absolute atomic E-state index is 0.0646. The molecule has 38 heavy (non-hydrogen) atoms. The van der Waals surface area contributed by atoms with Crippen LogP contribution in [0.15, 0.2) is 71.1 Å². The van der Waals surface area contributed by atoms with Crippen molar-refractivity contribution in [1.29, 1.82) is 0 Å². The Labute approximate surface area is 216 Å². The Balaban J connectivity index is 0.000000368. The Bertz CT molecular complexity index is 1280. The fourth-order valence-electron chi connectivity index (χ4n) is 4.25. The number of non-ortho nitro benzene ring substituents is 1. The number of ether oxygens (including phenoxy) is 2. The van der Waals surface area contributed by atoms with Crippen LogP contribution < -0.4 is 10.6 Å². The number of nitrogens with zero attached hydrogens (tertiary/aromatic N) is 1. The van der Waals surface area contributed by atoms with Crippen LogP contribution in [-0.2, 0) is 32.2 Å². The molecule has 2 aliphatic heterocycles. The Morgan fingerprint density at radius 2 is 1.68 bits per heavy atom. The molecule has 4 rings (SSSR count). The number of methoxy groups -OCH3 is 1. The number of carbonyl (C=O) groups excluding carboxylic acids is 2. The first-order valence-corrected chi connectivity index (χ1v) is 11.6. The number of carbonyl (C=O) groups is 2. The number of alkyl halides is 3. The van der Waals surface area contributed by atoms with Crippen LogP contribution in [0.2, 0.25) is 0 Å². The highest BCUT2D eigenvalue weighted by Gasteiger charge is 2.47. The van der Waals surface area contributed by atoms with Crippen molar-refractivity contribution in [2.24, 2.45) is 0 Å². The van der Waals surface area contributed by atoms with Crippen LogP contribution in [0.5, 0.6) is 0 Å². The molecule has 2 N–H and O–H groups in total.